The number of hydrogen-bond acceptors (Lipinski definition) is 1. The van der Waals surface area contributed by atoms with Crippen molar-refractivity contribution < 1.29 is 9.18 Å². The quantitative estimate of drug-likeness (QED) is 0.881. The number of carbonyl (C=O) groups is 1. The van der Waals surface area contributed by atoms with Crippen LogP contribution in [0.4, 0.5) is 10.1 Å². The van der Waals surface area contributed by atoms with Crippen LogP contribution in [0.1, 0.15) is 13.3 Å². The van der Waals surface area contributed by atoms with Crippen molar-refractivity contribution in [2.24, 2.45) is 0 Å². The number of carbonyl (C=O) groups excluding carboxylic acids is 1. The Morgan fingerprint density at radius 3 is 2.79 bits per heavy atom. The number of rotatable bonds is 2. The van der Waals surface area contributed by atoms with Crippen molar-refractivity contribution in [1.82, 2.24) is 0 Å². The monoisotopic (exact) mass is 279 g/mol. The fourth-order valence-electron chi connectivity index (χ4n) is 0.889. The molecule has 5 heteroatoms. The lowest BCUT2D eigenvalue weighted by atomic mass is 10.3. The second-order valence-electron chi connectivity index (χ2n) is 2.65. The van der Waals surface area contributed by atoms with Crippen molar-refractivity contribution in [3.63, 3.8) is 0 Å². The van der Waals surface area contributed by atoms with Crippen LogP contribution in [0.3, 0.4) is 0 Å². The minimum absolute atomic E-state index is 0.167. The average Bonchev–Trinajstić information content (AvgIpc) is 2.10. The lowest BCUT2D eigenvalue weighted by Crippen LogP contribution is -2.10. The smallest absolute Gasteiger partial charge is 0.224 e. The molecule has 2 nitrogen and oxygen atoms in total. The standard InChI is InChI=1S/C9H8BrClFNO/c1-2-8(14)13-9-6(10)3-5(12)4-7(9)11/h3-4H,2H2,1H3,(H,13,14). The molecular formula is C9H8BrClFNO. The van der Waals surface area contributed by atoms with Crippen LogP contribution in [0, 0.1) is 5.82 Å². The van der Waals surface area contributed by atoms with Gasteiger partial charge >= 0.3 is 0 Å². The molecule has 0 aliphatic heterocycles. The average molecular weight is 281 g/mol. The minimum atomic E-state index is -0.448. The van der Waals surface area contributed by atoms with E-state index in [1.54, 1.807) is 6.92 Å². The van der Waals surface area contributed by atoms with Gasteiger partial charge in [0.15, 0.2) is 0 Å². The summed E-state index contributed by atoms with van der Waals surface area (Å²) in [5.41, 5.74) is 0.403. The van der Waals surface area contributed by atoms with E-state index in [-0.39, 0.29) is 10.9 Å². The van der Waals surface area contributed by atoms with Gasteiger partial charge in [-0.25, -0.2) is 4.39 Å². The lowest BCUT2D eigenvalue weighted by Gasteiger charge is -2.08. The largest absolute Gasteiger partial charge is 0.324 e. The number of halogens is 3. The van der Waals surface area contributed by atoms with E-state index in [9.17, 15) is 9.18 Å². The summed E-state index contributed by atoms with van der Waals surface area (Å²) >= 11 is 8.87. The van der Waals surface area contributed by atoms with E-state index >= 15 is 0 Å². The first kappa shape index (κ1) is 11.5. The molecule has 0 bridgehead atoms. The van der Waals surface area contributed by atoms with Gasteiger partial charge in [-0.1, -0.05) is 18.5 Å². The maximum Gasteiger partial charge on any atom is 0.224 e. The molecule has 1 rings (SSSR count). The van der Waals surface area contributed by atoms with Gasteiger partial charge in [-0.2, -0.15) is 0 Å². The van der Waals surface area contributed by atoms with Crippen molar-refractivity contribution in [2.45, 2.75) is 13.3 Å². The molecule has 1 N–H and O–H groups in total. The summed E-state index contributed by atoms with van der Waals surface area (Å²) in [6, 6.07) is 2.40. The third-order valence-corrected chi connectivity index (χ3v) is 2.52. The maximum atomic E-state index is 12.8. The summed E-state index contributed by atoms with van der Waals surface area (Å²) in [7, 11) is 0. The molecule has 0 atom stereocenters. The van der Waals surface area contributed by atoms with Crippen molar-refractivity contribution in [3.05, 3.63) is 27.4 Å². The molecule has 0 aromatic heterocycles. The van der Waals surface area contributed by atoms with Crippen LogP contribution in [0.5, 0.6) is 0 Å². The zero-order chi connectivity index (χ0) is 10.7. The molecule has 0 heterocycles. The van der Waals surface area contributed by atoms with Crippen LogP contribution < -0.4 is 5.32 Å². The summed E-state index contributed by atoms with van der Waals surface area (Å²) in [6.45, 7) is 1.72. The van der Waals surface area contributed by atoms with Gasteiger partial charge in [-0.05, 0) is 28.1 Å². The first-order chi connectivity index (χ1) is 6.54. The third kappa shape index (κ3) is 2.69. The van der Waals surface area contributed by atoms with E-state index in [1.165, 1.54) is 6.07 Å². The topological polar surface area (TPSA) is 29.1 Å². The Balaban J connectivity index is 3.02. The number of nitrogens with one attached hydrogen (secondary N) is 1. The zero-order valence-electron chi connectivity index (χ0n) is 7.40. The summed E-state index contributed by atoms with van der Waals surface area (Å²) < 4.78 is 13.2. The molecule has 0 radical (unpaired) electrons. The highest BCUT2D eigenvalue weighted by Crippen LogP contribution is 2.31. The van der Waals surface area contributed by atoms with Gasteiger partial charge in [0.2, 0.25) is 5.91 Å². The molecule has 0 fully saturated rings. The van der Waals surface area contributed by atoms with Gasteiger partial charge in [-0.15, -0.1) is 0 Å². The molecule has 0 aliphatic carbocycles. The summed E-state index contributed by atoms with van der Waals surface area (Å²) in [5, 5.41) is 2.75. The predicted octanol–water partition coefficient (Wildman–Crippen LogP) is 3.59. The van der Waals surface area contributed by atoms with Crippen molar-refractivity contribution >= 4 is 39.1 Å². The van der Waals surface area contributed by atoms with Crippen molar-refractivity contribution in [3.8, 4) is 0 Å². The highest BCUT2D eigenvalue weighted by atomic mass is 79.9. The van der Waals surface area contributed by atoms with Gasteiger partial charge in [0, 0.05) is 10.9 Å². The number of amides is 1. The van der Waals surface area contributed by atoms with Crippen LogP contribution >= 0.6 is 27.5 Å². The first-order valence-electron chi connectivity index (χ1n) is 3.99. The van der Waals surface area contributed by atoms with Crippen LogP contribution in [0.25, 0.3) is 0 Å². The van der Waals surface area contributed by atoms with E-state index in [1.807, 2.05) is 0 Å². The second-order valence-corrected chi connectivity index (χ2v) is 3.91. The third-order valence-electron chi connectivity index (χ3n) is 1.59. The van der Waals surface area contributed by atoms with Gasteiger partial charge in [0.05, 0.1) is 10.7 Å². The molecular weight excluding hydrogens is 272 g/mol. The number of benzene rings is 1. The molecule has 14 heavy (non-hydrogen) atoms. The van der Waals surface area contributed by atoms with Crippen LogP contribution in [0.15, 0.2) is 16.6 Å². The SMILES string of the molecule is CCC(=O)Nc1c(Cl)cc(F)cc1Br. The van der Waals surface area contributed by atoms with Gasteiger partial charge in [0.1, 0.15) is 5.82 Å². The predicted molar refractivity (Wildman–Crippen MR) is 58.0 cm³/mol. The molecule has 76 valence electrons. The van der Waals surface area contributed by atoms with Gasteiger partial charge in [-0.3, -0.25) is 4.79 Å². The molecule has 0 saturated heterocycles. The Kier molecular flexibility index (Phi) is 3.89. The Labute approximate surface area is 94.6 Å². The Morgan fingerprint density at radius 1 is 1.64 bits per heavy atom. The first-order valence-corrected chi connectivity index (χ1v) is 5.16. The maximum absolute atomic E-state index is 12.8. The van der Waals surface area contributed by atoms with E-state index in [0.29, 0.717) is 16.6 Å². The molecule has 0 aliphatic rings. The van der Waals surface area contributed by atoms with Crippen molar-refractivity contribution in [2.75, 3.05) is 5.32 Å². The molecule has 1 aromatic rings. The number of anilines is 1. The fourth-order valence-corrected chi connectivity index (χ4v) is 1.79. The Bertz CT molecular complexity index is 347. The second kappa shape index (κ2) is 4.75. The van der Waals surface area contributed by atoms with Gasteiger partial charge < -0.3 is 5.32 Å². The van der Waals surface area contributed by atoms with Crippen molar-refractivity contribution in [1.29, 1.82) is 0 Å². The Morgan fingerprint density at radius 2 is 2.29 bits per heavy atom. The molecule has 0 saturated carbocycles. The highest BCUT2D eigenvalue weighted by Gasteiger charge is 2.09. The van der Waals surface area contributed by atoms with Crippen LogP contribution in [-0.4, -0.2) is 5.91 Å². The normalized spacial score (nSPS) is 10.0. The zero-order valence-corrected chi connectivity index (χ0v) is 9.75. The lowest BCUT2D eigenvalue weighted by molar-refractivity contribution is -0.115. The van der Waals surface area contributed by atoms with E-state index in [2.05, 4.69) is 21.2 Å². The van der Waals surface area contributed by atoms with E-state index in [4.69, 9.17) is 11.6 Å². The van der Waals surface area contributed by atoms with E-state index in [0.717, 1.165) is 6.07 Å². The molecule has 0 spiro atoms. The highest BCUT2D eigenvalue weighted by molar-refractivity contribution is 9.10. The Hall–Kier alpha value is -0.610. The van der Waals surface area contributed by atoms with Crippen LogP contribution in [-0.2, 0) is 4.79 Å². The van der Waals surface area contributed by atoms with Crippen LogP contribution in [0.2, 0.25) is 5.02 Å². The number of hydrogen-bond donors (Lipinski definition) is 1. The van der Waals surface area contributed by atoms with Gasteiger partial charge in [0.25, 0.3) is 0 Å². The van der Waals surface area contributed by atoms with E-state index < -0.39 is 5.82 Å². The summed E-state index contributed by atoms with van der Waals surface area (Å²) in [6.07, 6.45) is 0.347. The molecule has 1 amide bonds. The summed E-state index contributed by atoms with van der Waals surface area (Å²) in [5.74, 6) is -0.615. The molecule has 0 unspecified atom stereocenters. The minimum Gasteiger partial charge on any atom is -0.324 e. The fraction of sp³-hybridized carbons (Fsp3) is 0.222. The summed E-state index contributed by atoms with van der Waals surface area (Å²) in [4.78, 5) is 11.1. The molecule has 1 aromatic carbocycles.